The molecule has 1 N–H and O–H groups in total. The summed E-state index contributed by atoms with van der Waals surface area (Å²) in [6.45, 7) is 4.04. The lowest BCUT2D eigenvalue weighted by molar-refractivity contribution is -0.128. The number of carbonyl (C=O) groups excluding carboxylic acids is 1. The van der Waals surface area contributed by atoms with Crippen molar-refractivity contribution in [2.24, 2.45) is 0 Å². The van der Waals surface area contributed by atoms with E-state index in [1.807, 2.05) is 7.05 Å². The average molecular weight is 306 g/mol. The van der Waals surface area contributed by atoms with Crippen LogP contribution in [-0.4, -0.2) is 78.1 Å². The molecule has 6 heteroatoms. The van der Waals surface area contributed by atoms with Crippen LogP contribution in [0.2, 0.25) is 0 Å². The number of rotatable bonds is 4. The smallest absolute Gasteiger partial charge is 0.266 e. The van der Waals surface area contributed by atoms with Gasteiger partial charge in [0.25, 0.3) is 5.91 Å². The van der Waals surface area contributed by atoms with E-state index in [0.29, 0.717) is 19.5 Å². The number of carbonyl (C=O) groups is 1. The molecule has 0 aromatic heterocycles. The lowest BCUT2D eigenvalue weighted by Crippen LogP contribution is -2.47. The standard InChI is InChI=1S/C16H26N4O2/c1-18-7-9-19(10-8-18)16(22)14(12-17)13-20-6-3-2-4-15(20)5-11-21/h13,15,21H,2-11H2,1H3/b14-13-. The normalized spacial score (nSPS) is 24.2. The fourth-order valence-corrected chi connectivity index (χ4v) is 3.13. The van der Waals surface area contributed by atoms with E-state index in [4.69, 9.17) is 0 Å². The van der Waals surface area contributed by atoms with Crippen LogP contribution < -0.4 is 0 Å². The zero-order valence-electron chi connectivity index (χ0n) is 13.4. The predicted molar refractivity (Wildman–Crippen MR) is 83.8 cm³/mol. The topological polar surface area (TPSA) is 70.8 Å². The molecular weight excluding hydrogens is 280 g/mol. The van der Waals surface area contributed by atoms with Gasteiger partial charge in [-0.2, -0.15) is 5.26 Å². The van der Waals surface area contributed by atoms with E-state index < -0.39 is 0 Å². The molecule has 0 bridgehead atoms. The summed E-state index contributed by atoms with van der Waals surface area (Å²) in [5.41, 5.74) is 0.217. The first-order valence-corrected chi connectivity index (χ1v) is 8.12. The van der Waals surface area contributed by atoms with Crippen LogP contribution in [0.1, 0.15) is 25.7 Å². The van der Waals surface area contributed by atoms with Crippen LogP contribution in [0.25, 0.3) is 0 Å². The zero-order valence-corrected chi connectivity index (χ0v) is 13.4. The molecule has 2 heterocycles. The fraction of sp³-hybridized carbons (Fsp3) is 0.750. The van der Waals surface area contributed by atoms with Crippen molar-refractivity contribution in [1.82, 2.24) is 14.7 Å². The lowest BCUT2D eigenvalue weighted by Gasteiger charge is -2.36. The number of piperidine rings is 1. The van der Waals surface area contributed by atoms with Crippen LogP contribution in [0.4, 0.5) is 0 Å². The maximum Gasteiger partial charge on any atom is 0.266 e. The minimum absolute atomic E-state index is 0.142. The van der Waals surface area contributed by atoms with Gasteiger partial charge in [-0.1, -0.05) is 0 Å². The van der Waals surface area contributed by atoms with Gasteiger partial charge in [-0.25, -0.2) is 0 Å². The molecule has 0 aliphatic carbocycles. The Balaban J connectivity index is 2.05. The number of hydrogen-bond acceptors (Lipinski definition) is 5. The molecule has 0 saturated carbocycles. The zero-order chi connectivity index (χ0) is 15.9. The maximum absolute atomic E-state index is 12.5. The van der Waals surface area contributed by atoms with E-state index in [0.717, 1.165) is 38.9 Å². The van der Waals surface area contributed by atoms with E-state index in [2.05, 4.69) is 15.9 Å². The number of hydrogen-bond donors (Lipinski definition) is 1. The van der Waals surface area contributed by atoms with E-state index in [-0.39, 0.29) is 24.1 Å². The predicted octanol–water partition coefficient (Wildman–Crippen LogP) is 0.405. The van der Waals surface area contributed by atoms with E-state index in [9.17, 15) is 15.2 Å². The van der Waals surface area contributed by atoms with Gasteiger partial charge < -0.3 is 19.8 Å². The SMILES string of the molecule is CN1CCN(C(=O)/C(C#N)=C\N2CCCCC2CCO)CC1. The second-order valence-corrected chi connectivity index (χ2v) is 6.15. The molecule has 1 atom stereocenters. The van der Waals surface area contributed by atoms with Crippen LogP contribution in [0.15, 0.2) is 11.8 Å². The van der Waals surface area contributed by atoms with Crippen molar-refractivity contribution in [2.45, 2.75) is 31.7 Å². The molecule has 0 aromatic carbocycles. The molecule has 122 valence electrons. The first-order valence-electron chi connectivity index (χ1n) is 8.12. The van der Waals surface area contributed by atoms with Gasteiger partial charge in [0.05, 0.1) is 0 Å². The third-order valence-corrected chi connectivity index (χ3v) is 4.57. The largest absolute Gasteiger partial charge is 0.396 e. The van der Waals surface area contributed by atoms with Gasteiger partial charge >= 0.3 is 0 Å². The number of nitriles is 1. The molecule has 2 fully saturated rings. The Morgan fingerprint density at radius 3 is 2.64 bits per heavy atom. The summed E-state index contributed by atoms with van der Waals surface area (Å²) >= 11 is 0. The van der Waals surface area contributed by atoms with Crippen molar-refractivity contribution in [2.75, 3.05) is 46.4 Å². The third kappa shape index (κ3) is 4.21. The summed E-state index contributed by atoms with van der Waals surface area (Å²) in [6, 6.07) is 2.31. The number of amides is 1. The van der Waals surface area contributed by atoms with Crippen LogP contribution in [0.5, 0.6) is 0 Å². The van der Waals surface area contributed by atoms with E-state index in [1.54, 1.807) is 11.1 Å². The Kier molecular flexibility index (Phi) is 6.22. The first-order chi connectivity index (χ1) is 10.7. The van der Waals surface area contributed by atoms with Gasteiger partial charge in [-0.15, -0.1) is 0 Å². The van der Waals surface area contributed by atoms with Crippen LogP contribution in [0, 0.1) is 11.3 Å². The van der Waals surface area contributed by atoms with Crippen LogP contribution >= 0.6 is 0 Å². The molecule has 2 rings (SSSR count). The summed E-state index contributed by atoms with van der Waals surface area (Å²) in [4.78, 5) is 18.5. The molecule has 22 heavy (non-hydrogen) atoms. The van der Waals surface area contributed by atoms with Gasteiger partial charge in [0.2, 0.25) is 0 Å². The molecule has 2 aliphatic rings. The highest BCUT2D eigenvalue weighted by atomic mass is 16.3. The van der Waals surface area contributed by atoms with Crippen LogP contribution in [0.3, 0.4) is 0 Å². The summed E-state index contributed by atoms with van der Waals surface area (Å²) < 4.78 is 0. The quantitative estimate of drug-likeness (QED) is 0.601. The minimum Gasteiger partial charge on any atom is -0.396 e. The monoisotopic (exact) mass is 306 g/mol. The van der Waals surface area contributed by atoms with E-state index in [1.165, 1.54) is 0 Å². The number of piperazine rings is 1. The molecule has 0 aromatic rings. The molecule has 2 aliphatic heterocycles. The maximum atomic E-state index is 12.5. The Bertz CT molecular complexity index is 448. The number of nitrogens with zero attached hydrogens (tertiary/aromatic N) is 4. The summed E-state index contributed by atoms with van der Waals surface area (Å²) in [5, 5.41) is 18.5. The van der Waals surface area contributed by atoms with Gasteiger partial charge in [-0.3, -0.25) is 4.79 Å². The van der Waals surface area contributed by atoms with Gasteiger partial charge in [0.1, 0.15) is 11.6 Å². The number of likely N-dealkylation sites (N-methyl/N-ethyl adjacent to an activating group) is 1. The van der Waals surface area contributed by atoms with Gasteiger partial charge in [0, 0.05) is 51.6 Å². The third-order valence-electron chi connectivity index (χ3n) is 4.57. The number of aliphatic hydroxyl groups excluding tert-OH is 1. The first kappa shape index (κ1) is 16.8. The minimum atomic E-state index is -0.163. The van der Waals surface area contributed by atoms with Gasteiger partial charge in [-0.05, 0) is 32.7 Å². The highest BCUT2D eigenvalue weighted by molar-refractivity contribution is 5.97. The Morgan fingerprint density at radius 2 is 2.00 bits per heavy atom. The molecule has 0 radical (unpaired) electrons. The summed E-state index contributed by atoms with van der Waals surface area (Å²) in [6.07, 6.45) is 5.64. The Hall–Kier alpha value is -1.58. The fourth-order valence-electron chi connectivity index (χ4n) is 3.13. The van der Waals surface area contributed by atoms with Crippen molar-refractivity contribution in [3.63, 3.8) is 0 Å². The molecule has 0 spiro atoms. The highest BCUT2D eigenvalue weighted by Gasteiger charge is 2.25. The van der Waals surface area contributed by atoms with Crippen LogP contribution in [-0.2, 0) is 4.79 Å². The average Bonchev–Trinajstić information content (AvgIpc) is 2.54. The molecule has 2 saturated heterocycles. The number of likely N-dealkylation sites (tertiary alicyclic amines) is 1. The summed E-state index contributed by atoms with van der Waals surface area (Å²) in [5.74, 6) is -0.163. The van der Waals surface area contributed by atoms with E-state index >= 15 is 0 Å². The Morgan fingerprint density at radius 1 is 1.27 bits per heavy atom. The van der Waals surface area contributed by atoms with Crippen molar-refractivity contribution in [1.29, 1.82) is 5.26 Å². The second-order valence-electron chi connectivity index (χ2n) is 6.15. The number of aliphatic hydroxyl groups is 1. The molecule has 1 amide bonds. The summed E-state index contributed by atoms with van der Waals surface area (Å²) in [7, 11) is 2.04. The van der Waals surface area contributed by atoms with Crippen molar-refractivity contribution < 1.29 is 9.90 Å². The molecular formula is C16H26N4O2. The van der Waals surface area contributed by atoms with Crippen molar-refractivity contribution in [3.8, 4) is 6.07 Å². The van der Waals surface area contributed by atoms with Crippen molar-refractivity contribution >= 4 is 5.91 Å². The Labute approximate surface area is 132 Å². The molecule has 1 unspecified atom stereocenters. The van der Waals surface area contributed by atoms with Gasteiger partial charge in [0.15, 0.2) is 0 Å². The highest BCUT2D eigenvalue weighted by Crippen LogP contribution is 2.21. The second kappa shape index (κ2) is 8.16. The lowest BCUT2D eigenvalue weighted by atomic mass is 10.00. The van der Waals surface area contributed by atoms with Crippen molar-refractivity contribution in [3.05, 3.63) is 11.8 Å². The molecule has 6 nitrogen and oxygen atoms in total.